The number of ether oxygens (including phenoxy) is 3. The van der Waals surface area contributed by atoms with Crippen LogP contribution in [0.25, 0.3) is 22.1 Å². The molecule has 7 heterocycles. The third-order valence-corrected chi connectivity index (χ3v) is 14.4. The lowest BCUT2D eigenvalue weighted by atomic mass is 9.85. The Labute approximate surface area is 425 Å². The summed E-state index contributed by atoms with van der Waals surface area (Å²) in [4.78, 5) is 67.7. The fourth-order valence-electron chi connectivity index (χ4n) is 10.9. The van der Waals surface area contributed by atoms with Crippen molar-refractivity contribution in [3.05, 3.63) is 82.5 Å². The highest BCUT2D eigenvalue weighted by Gasteiger charge is 2.42. The van der Waals surface area contributed by atoms with Crippen LogP contribution in [0.5, 0.6) is 11.5 Å². The van der Waals surface area contributed by atoms with E-state index in [1.165, 1.54) is 0 Å². The predicted octanol–water partition coefficient (Wildman–Crippen LogP) is 4.89. The highest BCUT2D eigenvalue weighted by Crippen LogP contribution is 2.37. The third-order valence-electron chi connectivity index (χ3n) is 14.4. The van der Waals surface area contributed by atoms with Crippen molar-refractivity contribution < 1.29 is 33.4 Å². The van der Waals surface area contributed by atoms with Crippen molar-refractivity contribution >= 4 is 63.4 Å². The molecule has 8 N–H and O–H groups in total. The Hall–Kier alpha value is -7.99. The first-order valence-electron chi connectivity index (χ1n) is 25.2. The molecule has 4 aliphatic rings. The van der Waals surface area contributed by atoms with Gasteiger partial charge in [-0.25, -0.2) is 9.97 Å². The number of anilines is 2. The number of nitrogens with two attached hydrogens (primary N) is 2. The van der Waals surface area contributed by atoms with E-state index in [0.717, 1.165) is 12.8 Å². The van der Waals surface area contributed by atoms with Crippen LogP contribution in [0.2, 0.25) is 0 Å². The van der Waals surface area contributed by atoms with Gasteiger partial charge in [0.15, 0.2) is 0 Å². The van der Waals surface area contributed by atoms with Crippen LogP contribution in [0, 0.1) is 25.3 Å². The maximum atomic E-state index is 14.4. The number of hydrogen-bond donors (Lipinski definition) is 6. The number of carbonyl (C=O) groups excluding carboxylic acids is 4. The number of aryl methyl sites for hydroxylation is 4. The van der Waals surface area contributed by atoms with E-state index in [0.29, 0.717) is 120 Å². The smallest absolute Gasteiger partial charge is 0.276 e. The van der Waals surface area contributed by atoms with E-state index in [4.69, 9.17) is 41.2 Å². The molecule has 74 heavy (non-hydrogen) atoms. The molecule has 3 fully saturated rings. The van der Waals surface area contributed by atoms with E-state index in [-0.39, 0.29) is 73.7 Å². The molecule has 3 atom stereocenters. The number of aromatic nitrogens is 8. The van der Waals surface area contributed by atoms with Crippen LogP contribution < -0.4 is 36.9 Å². The van der Waals surface area contributed by atoms with Crippen LogP contribution in [0.15, 0.2) is 58.9 Å². The van der Waals surface area contributed by atoms with Gasteiger partial charge in [0.25, 0.3) is 17.7 Å². The normalized spacial score (nSPS) is 21.8. The topological polar surface area (TPSA) is 307 Å². The number of hydrogen-bond acceptors (Lipinski definition) is 14. The Balaban J connectivity index is 1.08. The molecule has 10 rings (SSSR count). The van der Waals surface area contributed by atoms with Crippen LogP contribution in [0.1, 0.15) is 105 Å². The van der Waals surface area contributed by atoms with E-state index in [9.17, 15) is 19.2 Å². The summed E-state index contributed by atoms with van der Waals surface area (Å²) in [5, 5.41) is 25.0. The molecule has 2 saturated heterocycles. The van der Waals surface area contributed by atoms with E-state index in [1.807, 2.05) is 49.0 Å². The molecule has 0 spiro atoms. The van der Waals surface area contributed by atoms with Crippen LogP contribution in [-0.2, 0) is 30.9 Å². The van der Waals surface area contributed by atoms with Crippen molar-refractivity contribution in [2.24, 2.45) is 27.7 Å². The minimum Gasteiger partial charge on any atom is -0.490 e. The summed E-state index contributed by atoms with van der Waals surface area (Å²) in [6.07, 6.45) is 8.26. The van der Waals surface area contributed by atoms with Crippen LogP contribution in [0.4, 0.5) is 11.9 Å². The van der Waals surface area contributed by atoms with E-state index in [1.54, 1.807) is 45.8 Å². The number of nitrogens with one attached hydrogen (secondary N) is 4. The Morgan fingerprint density at radius 3 is 1.69 bits per heavy atom. The number of benzene rings is 2. The molecule has 2 aromatic carbocycles. The molecule has 1 saturated carbocycles. The zero-order valence-electron chi connectivity index (χ0n) is 41.8. The molecule has 4 aromatic heterocycles. The maximum absolute atomic E-state index is 14.4. The molecule has 0 radical (unpaired) electrons. The van der Waals surface area contributed by atoms with Gasteiger partial charge in [0.1, 0.15) is 53.0 Å². The minimum atomic E-state index is -0.680. The van der Waals surface area contributed by atoms with Gasteiger partial charge in [0, 0.05) is 61.3 Å². The van der Waals surface area contributed by atoms with Gasteiger partial charge >= 0.3 is 0 Å². The van der Waals surface area contributed by atoms with Crippen molar-refractivity contribution in [1.29, 1.82) is 5.53 Å². The van der Waals surface area contributed by atoms with E-state index < -0.39 is 23.8 Å². The lowest BCUT2D eigenvalue weighted by molar-refractivity contribution is -0.0534. The Morgan fingerprint density at radius 2 is 1.19 bits per heavy atom. The summed E-state index contributed by atoms with van der Waals surface area (Å²) in [5.74, 6) is -0.494. The zero-order valence-corrected chi connectivity index (χ0v) is 41.8. The van der Waals surface area contributed by atoms with Gasteiger partial charge in [-0.3, -0.25) is 44.1 Å². The number of rotatable bonds is 12. The van der Waals surface area contributed by atoms with Gasteiger partial charge in [0.05, 0.1) is 41.7 Å². The SMILES string of the molecule is CCn1nc(C)cc1C(=O)Nc1nc2cc(C(N)=O)cc3c2n1C/C=C/Cn1c(NC(=O)c2cc(C)nn2CC)nc2cc(C(=O)N[C@H]4CC[C@H](/C(N)=N/N=N)CC4)cc(c21)OC[C@@H](N1C2CCC1COC2)CO3. The van der Waals surface area contributed by atoms with Gasteiger partial charge in [-0.1, -0.05) is 17.4 Å². The van der Waals surface area contributed by atoms with Crippen molar-refractivity contribution in [2.45, 2.75) is 117 Å². The monoisotopic (exact) mass is 1010 g/mol. The number of primary amides is 1. The molecule has 2 bridgehead atoms. The number of carbonyl (C=O) groups is 4. The predicted molar refractivity (Wildman–Crippen MR) is 273 cm³/mol. The molecule has 388 valence electrons. The number of fused-ring (bicyclic) bond motifs is 2. The third kappa shape index (κ3) is 9.80. The summed E-state index contributed by atoms with van der Waals surface area (Å²) in [6, 6.07) is 9.63. The average molecular weight is 1010 g/mol. The molecule has 6 aromatic rings. The fourth-order valence-corrected chi connectivity index (χ4v) is 10.9. The van der Waals surface area contributed by atoms with Crippen LogP contribution >= 0.6 is 0 Å². The molecular formula is C50H61N17O7. The Bertz CT molecular complexity index is 3210. The first-order chi connectivity index (χ1) is 35.8. The van der Waals surface area contributed by atoms with E-state index in [2.05, 4.69) is 41.4 Å². The quantitative estimate of drug-likeness (QED) is 0.0313. The van der Waals surface area contributed by atoms with Gasteiger partial charge in [0.2, 0.25) is 17.8 Å². The number of allylic oxidation sites excluding steroid dienone is 2. The zero-order chi connectivity index (χ0) is 51.8. The molecule has 24 heteroatoms. The number of imidazole rings is 2. The van der Waals surface area contributed by atoms with E-state index >= 15 is 0 Å². The van der Waals surface area contributed by atoms with Gasteiger partial charge < -0.3 is 40.1 Å². The number of nitrogens with zero attached hydrogens (tertiary/aromatic N) is 11. The highest BCUT2D eigenvalue weighted by molar-refractivity contribution is 6.05. The molecule has 3 aliphatic heterocycles. The second-order valence-electron chi connectivity index (χ2n) is 19.3. The van der Waals surface area contributed by atoms with Crippen molar-refractivity contribution in [3.8, 4) is 11.5 Å². The van der Waals surface area contributed by atoms with Gasteiger partial charge in [-0.05, 0) is 103 Å². The largest absolute Gasteiger partial charge is 0.490 e. The van der Waals surface area contributed by atoms with Gasteiger partial charge in [-0.2, -0.15) is 15.7 Å². The summed E-state index contributed by atoms with van der Waals surface area (Å²) in [6.45, 7) is 9.94. The lowest BCUT2D eigenvalue weighted by Gasteiger charge is -2.40. The molecule has 24 nitrogen and oxygen atoms in total. The maximum Gasteiger partial charge on any atom is 0.276 e. The van der Waals surface area contributed by atoms with Gasteiger partial charge in [-0.15, -0.1) is 5.10 Å². The first-order valence-corrected chi connectivity index (χ1v) is 25.2. The van der Waals surface area contributed by atoms with Crippen molar-refractivity contribution in [1.82, 2.24) is 48.9 Å². The Morgan fingerprint density at radius 1 is 0.676 bits per heavy atom. The summed E-state index contributed by atoms with van der Waals surface area (Å²) in [5.41, 5.74) is 23.5. The average Bonchev–Trinajstić information content (AvgIpc) is 4.20. The number of morpholine rings is 1. The Kier molecular flexibility index (Phi) is 14.0. The fraction of sp³-hybridized carbons (Fsp3) is 0.460. The molecule has 4 amide bonds. The summed E-state index contributed by atoms with van der Waals surface area (Å²) < 4.78 is 26.8. The number of amidine groups is 1. The van der Waals surface area contributed by atoms with Crippen molar-refractivity contribution in [2.75, 3.05) is 37.1 Å². The molecule has 2 unspecified atom stereocenters. The minimum absolute atomic E-state index is 0.0301. The van der Waals surface area contributed by atoms with Crippen molar-refractivity contribution in [3.63, 3.8) is 0 Å². The number of amides is 4. The summed E-state index contributed by atoms with van der Waals surface area (Å²) in [7, 11) is 0. The first kappa shape index (κ1) is 49.6. The summed E-state index contributed by atoms with van der Waals surface area (Å²) >= 11 is 0. The molecule has 1 aliphatic carbocycles. The molecular weight excluding hydrogens is 951 g/mol. The van der Waals surface area contributed by atoms with Crippen LogP contribution in [-0.4, -0.2) is 124 Å². The second-order valence-corrected chi connectivity index (χ2v) is 19.3. The second kappa shape index (κ2) is 20.9. The standard InChI is InChI=1S/C50H61N17O7/c1-5-65-38(17-27(3)60-65)47(70)57-49-55-36-19-30(45(52)68)21-40-42(36)63(49)15-7-8-16-64-43-37(56-50(64)58-48(71)39-18-28(4)61-66(39)6-2)20-31(46(69)54-32-11-9-29(10-12-32)44(51)59-62-53)22-41(43)74-26-35(25-73-40)67-33-13-14-34(67)24-72-23-33/h7-8,17-22,29,32-35H,5-6,9-16,23-26H2,1-4H3,(H2,52,68)(H,54,69)(H3,51,53,59)(H,55,57,70)(H,56,58,71)/b8-7+/t29-,32-,33?,34?,35-/m0/s1. The van der Waals surface area contributed by atoms with Crippen LogP contribution in [0.3, 0.4) is 0 Å². The lowest BCUT2D eigenvalue weighted by Crippen LogP contribution is -2.55. The highest BCUT2D eigenvalue weighted by atomic mass is 16.5.